The number of amidine groups is 1. The van der Waals surface area contributed by atoms with E-state index in [1.54, 1.807) is 7.05 Å². The van der Waals surface area contributed by atoms with Crippen LogP contribution in [0, 0.1) is 6.92 Å². The highest BCUT2D eigenvalue weighted by molar-refractivity contribution is 8.13. The molecule has 3 nitrogen and oxygen atoms in total. The maximum Gasteiger partial charge on any atom is 0.230 e. The summed E-state index contributed by atoms with van der Waals surface area (Å²) in [6.07, 6.45) is 2.27. The number of amides is 1. The molecule has 1 aromatic carbocycles. The van der Waals surface area contributed by atoms with Crippen LogP contribution in [0.4, 0.5) is 0 Å². The van der Waals surface area contributed by atoms with Crippen molar-refractivity contribution >= 4 is 22.8 Å². The van der Waals surface area contributed by atoms with Gasteiger partial charge in [-0.15, -0.1) is 0 Å². The number of carbonyl (C=O) groups is 1. The van der Waals surface area contributed by atoms with Gasteiger partial charge in [0.15, 0.2) is 5.17 Å². The Labute approximate surface area is 100 Å². The van der Waals surface area contributed by atoms with E-state index in [0.29, 0.717) is 11.6 Å². The van der Waals surface area contributed by atoms with Crippen LogP contribution in [-0.4, -0.2) is 24.4 Å². The largest absolute Gasteiger partial charge is 0.305 e. The number of nitrogens with one attached hydrogen (secondary N) is 1. The molecule has 0 aliphatic heterocycles. The van der Waals surface area contributed by atoms with Gasteiger partial charge in [-0.1, -0.05) is 41.6 Å². The lowest BCUT2D eigenvalue weighted by atomic mass is 10.1. The van der Waals surface area contributed by atoms with E-state index in [-0.39, 0.29) is 5.91 Å². The molecule has 0 heterocycles. The standard InChI is InChI=1S/C12H16N2OS/c1-9-4-6-10(7-5-9)8-11(15)14-12(13-2)16-3/h4-7H,8H2,1-3H3,(H,13,14,15). The summed E-state index contributed by atoms with van der Waals surface area (Å²) in [6, 6.07) is 7.95. The van der Waals surface area contributed by atoms with Crippen LogP contribution in [0.1, 0.15) is 11.1 Å². The number of hydrogen-bond acceptors (Lipinski definition) is 3. The summed E-state index contributed by atoms with van der Waals surface area (Å²) in [5, 5.41) is 3.40. The zero-order valence-electron chi connectivity index (χ0n) is 9.78. The van der Waals surface area contributed by atoms with Gasteiger partial charge in [0.1, 0.15) is 0 Å². The molecule has 0 aliphatic rings. The average Bonchev–Trinajstić information content (AvgIpc) is 2.29. The van der Waals surface area contributed by atoms with Gasteiger partial charge in [0, 0.05) is 7.05 Å². The van der Waals surface area contributed by atoms with Crippen molar-refractivity contribution in [3.63, 3.8) is 0 Å². The fraction of sp³-hybridized carbons (Fsp3) is 0.333. The molecule has 0 spiro atoms. The first-order valence-electron chi connectivity index (χ1n) is 5.02. The number of rotatable bonds is 2. The zero-order valence-corrected chi connectivity index (χ0v) is 10.6. The van der Waals surface area contributed by atoms with Gasteiger partial charge in [-0.05, 0) is 18.7 Å². The van der Waals surface area contributed by atoms with Gasteiger partial charge in [0.25, 0.3) is 0 Å². The van der Waals surface area contributed by atoms with Gasteiger partial charge in [-0.3, -0.25) is 9.79 Å². The third-order valence-electron chi connectivity index (χ3n) is 2.13. The second kappa shape index (κ2) is 6.33. The Hall–Kier alpha value is -1.29. The van der Waals surface area contributed by atoms with Gasteiger partial charge in [0.05, 0.1) is 6.42 Å². The molecule has 1 amide bonds. The van der Waals surface area contributed by atoms with E-state index < -0.39 is 0 Å². The molecule has 0 saturated heterocycles. The summed E-state index contributed by atoms with van der Waals surface area (Å²) >= 11 is 1.43. The molecule has 16 heavy (non-hydrogen) atoms. The molecule has 0 bridgehead atoms. The summed E-state index contributed by atoms with van der Waals surface area (Å²) in [6.45, 7) is 2.03. The number of aryl methyl sites for hydroxylation is 1. The third-order valence-corrected chi connectivity index (χ3v) is 2.80. The summed E-state index contributed by atoms with van der Waals surface area (Å²) in [7, 11) is 1.66. The predicted molar refractivity (Wildman–Crippen MR) is 69.9 cm³/mol. The lowest BCUT2D eigenvalue weighted by Gasteiger charge is -2.05. The number of benzene rings is 1. The first-order chi connectivity index (χ1) is 7.65. The van der Waals surface area contributed by atoms with E-state index >= 15 is 0 Å². The third kappa shape index (κ3) is 4.06. The number of aliphatic imine (C=N–C) groups is 1. The highest BCUT2D eigenvalue weighted by Crippen LogP contribution is 2.04. The zero-order chi connectivity index (χ0) is 12.0. The predicted octanol–water partition coefficient (Wildman–Crippen LogP) is 2.00. The fourth-order valence-corrected chi connectivity index (χ4v) is 1.65. The van der Waals surface area contributed by atoms with E-state index in [1.165, 1.54) is 17.3 Å². The molecular formula is C12H16N2OS. The van der Waals surface area contributed by atoms with Gasteiger partial charge < -0.3 is 5.32 Å². The van der Waals surface area contributed by atoms with Crippen molar-refractivity contribution in [2.45, 2.75) is 13.3 Å². The molecule has 1 N–H and O–H groups in total. The minimum atomic E-state index is -0.0289. The molecular weight excluding hydrogens is 220 g/mol. The summed E-state index contributed by atoms with van der Waals surface area (Å²) in [5.74, 6) is -0.0289. The monoisotopic (exact) mass is 236 g/mol. The van der Waals surface area contributed by atoms with Crippen molar-refractivity contribution in [2.75, 3.05) is 13.3 Å². The SMILES string of the molecule is C/N=C(/NC(=O)Cc1ccc(C)cc1)SC. The smallest absolute Gasteiger partial charge is 0.230 e. The van der Waals surface area contributed by atoms with E-state index in [4.69, 9.17) is 0 Å². The van der Waals surface area contributed by atoms with Crippen LogP contribution in [0.3, 0.4) is 0 Å². The lowest BCUT2D eigenvalue weighted by Crippen LogP contribution is -2.29. The molecule has 0 radical (unpaired) electrons. The van der Waals surface area contributed by atoms with E-state index in [9.17, 15) is 4.79 Å². The minimum Gasteiger partial charge on any atom is -0.305 e. The van der Waals surface area contributed by atoms with Crippen molar-refractivity contribution in [1.29, 1.82) is 0 Å². The van der Waals surface area contributed by atoms with Crippen molar-refractivity contribution in [3.05, 3.63) is 35.4 Å². The van der Waals surface area contributed by atoms with Crippen molar-refractivity contribution < 1.29 is 4.79 Å². The van der Waals surface area contributed by atoms with Crippen LogP contribution in [0.2, 0.25) is 0 Å². The van der Waals surface area contributed by atoms with Crippen LogP contribution < -0.4 is 5.32 Å². The van der Waals surface area contributed by atoms with Crippen molar-refractivity contribution in [1.82, 2.24) is 5.32 Å². The maximum atomic E-state index is 11.6. The Morgan fingerprint density at radius 1 is 1.38 bits per heavy atom. The van der Waals surface area contributed by atoms with Crippen LogP contribution in [0.5, 0.6) is 0 Å². The maximum absolute atomic E-state index is 11.6. The normalized spacial score (nSPS) is 11.3. The molecule has 0 aliphatic carbocycles. The second-order valence-electron chi connectivity index (χ2n) is 3.44. The van der Waals surface area contributed by atoms with Crippen LogP contribution in [0.15, 0.2) is 29.3 Å². The van der Waals surface area contributed by atoms with Gasteiger partial charge >= 0.3 is 0 Å². The topological polar surface area (TPSA) is 41.5 Å². The molecule has 0 saturated carbocycles. The van der Waals surface area contributed by atoms with Gasteiger partial charge in [0.2, 0.25) is 5.91 Å². The number of carbonyl (C=O) groups excluding carboxylic acids is 1. The summed E-state index contributed by atoms with van der Waals surface area (Å²) < 4.78 is 0. The van der Waals surface area contributed by atoms with Gasteiger partial charge in [-0.2, -0.15) is 0 Å². The fourth-order valence-electron chi connectivity index (χ4n) is 1.25. The van der Waals surface area contributed by atoms with Crippen molar-refractivity contribution in [3.8, 4) is 0 Å². The van der Waals surface area contributed by atoms with E-state index in [2.05, 4.69) is 10.3 Å². The van der Waals surface area contributed by atoms with Gasteiger partial charge in [-0.25, -0.2) is 0 Å². The quantitative estimate of drug-likeness (QED) is 0.630. The highest BCUT2D eigenvalue weighted by atomic mass is 32.2. The summed E-state index contributed by atoms with van der Waals surface area (Å²) in [4.78, 5) is 15.6. The van der Waals surface area contributed by atoms with E-state index in [1.807, 2.05) is 37.4 Å². The molecule has 0 fully saturated rings. The Kier molecular flexibility index (Phi) is 5.05. The first kappa shape index (κ1) is 12.8. The highest BCUT2D eigenvalue weighted by Gasteiger charge is 2.05. The molecule has 0 unspecified atom stereocenters. The second-order valence-corrected chi connectivity index (χ2v) is 4.24. The van der Waals surface area contributed by atoms with Crippen LogP contribution in [-0.2, 0) is 11.2 Å². The molecule has 0 aromatic heterocycles. The Morgan fingerprint density at radius 2 is 2.00 bits per heavy atom. The molecule has 86 valence electrons. The van der Waals surface area contributed by atoms with Crippen LogP contribution >= 0.6 is 11.8 Å². The first-order valence-corrected chi connectivity index (χ1v) is 6.24. The Balaban J connectivity index is 2.55. The number of hydrogen-bond donors (Lipinski definition) is 1. The summed E-state index contributed by atoms with van der Waals surface area (Å²) in [5.41, 5.74) is 2.21. The lowest BCUT2D eigenvalue weighted by molar-refractivity contribution is -0.119. The Bertz CT molecular complexity index is 385. The van der Waals surface area contributed by atoms with Crippen LogP contribution in [0.25, 0.3) is 0 Å². The van der Waals surface area contributed by atoms with E-state index in [0.717, 1.165) is 5.56 Å². The molecule has 1 aromatic rings. The Morgan fingerprint density at radius 3 is 2.50 bits per heavy atom. The number of thioether (sulfide) groups is 1. The average molecular weight is 236 g/mol. The van der Waals surface area contributed by atoms with Crippen molar-refractivity contribution in [2.24, 2.45) is 4.99 Å². The molecule has 4 heteroatoms. The minimum absolute atomic E-state index is 0.0289. The molecule has 1 rings (SSSR count). The number of nitrogens with zero attached hydrogens (tertiary/aromatic N) is 1. The molecule has 0 atom stereocenters.